The molecule has 4 rings (SSSR count). The van der Waals surface area contributed by atoms with Crippen LogP contribution in [0.4, 0.5) is 10.2 Å². The van der Waals surface area contributed by atoms with Crippen molar-refractivity contribution in [3.63, 3.8) is 0 Å². The van der Waals surface area contributed by atoms with E-state index in [9.17, 15) is 9.18 Å². The number of hydrogen-bond acceptors (Lipinski definition) is 6. The van der Waals surface area contributed by atoms with E-state index in [4.69, 9.17) is 0 Å². The highest BCUT2D eigenvalue weighted by Crippen LogP contribution is 2.18. The lowest BCUT2D eigenvalue weighted by atomic mass is 10.0. The van der Waals surface area contributed by atoms with Crippen molar-refractivity contribution in [2.75, 3.05) is 18.0 Å². The smallest absolute Gasteiger partial charge is 0.251 e. The number of amides is 1. The highest BCUT2D eigenvalue weighted by atomic mass is 19.1. The molecule has 9 heteroatoms. The van der Waals surface area contributed by atoms with Crippen LogP contribution < -0.4 is 10.2 Å². The molecule has 3 aromatic rings. The van der Waals surface area contributed by atoms with Crippen molar-refractivity contribution >= 4 is 17.4 Å². The van der Waals surface area contributed by atoms with Crippen LogP contribution in [0.25, 0.3) is 5.65 Å². The number of fused-ring (bicyclic) bond motifs is 1. The molecular formula is C16H16FN7O. The van der Waals surface area contributed by atoms with Gasteiger partial charge in [-0.1, -0.05) is 0 Å². The molecule has 3 heterocycles. The van der Waals surface area contributed by atoms with E-state index in [1.54, 1.807) is 0 Å². The molecule has 0 spiro atoms. The molecule has 0 aliphatic carbocycles. The SMILES string of the molecule is O=C(NC1CCN(c2ccc3nnnn3n2)CC1)c1ccc(F)cc1. The Balaban J connectivity index is 1.36. The van der Waals surface area contributed by atoms with Gasteiger partial charge in [-0.25, -0.2) is 4.39 Å². The first-order chi connectivity index (χ1) is 12.2. The lowest BCUT2D eigenvalue weighted by Gasteiger charge is -2.32. The van der Waals surface area contributed by atoms with Crippen molar-refractivity contribution in [3.05, 3.63) is 47.8 Å². The Hall–Kier alpha value is -3.10. The molecule has 0 atom stereocenters. The number of rotatable bonds is 3. The largest absolute Gasteiger partial charge is 0.355 e. The number of nitrogens with zero attached hydrogens (tertiary/aromatic N) is 6. The van der Waals surface area contributed by atoms with Gasteiger partial charge in [0, 0.05) is 24.7 Å². The number of halogens is 1. The summed E-state index contributed by atoms with van der Waals surface area (Å²) < 4.78 is 14.3. The average Bonchev–Trinajstić information content (AvgIpc) is 3.10. The Labute approximate surface area is 142 Å². The summed E-state index contributed by atoms with van der Waals surface area (Å²) in [5, 5.41) is 18.6. The van der Waals surface area contributed by atoms with Gasteiger partial charge in [-0.2, -0.15) is 0 Å². The molecule has 1 aliphatic heterocycles. The van der Waals surface area contributed by atoms with Crippen LogP contribution in [0.2, 0.25) is 0 Å². The quantitative estimate of drug-likeness (QED) is 0.766. The monoisotopic (exact) mass is 341 g/mol. The van der Waals surface area contributed by atoms with Gasteiger partial charge in [-0.15, -0.1) is 14.8 Å². The van der Waals surface area contributed by atoms with E-state index in [0.29, 0.717) is 11.2 Å². The number of piperidine rings is 1. The summed E-state index contributed by atoms with van der Waals surface area (Å²) in [4.78, 5) is 14.3. The second-order valence-corrected chi connectivity index (χ2v) is 5.96. The molecule has 25 heavy (non-hydrogen) atoms. The van der Waals surface area contributed by atoms with E-state index < -0.39 is 0 Å². The number of nitrogens with one attached hydrogen (secondary N) is 1. The minimum absolute atomic E-state index is 0.0885. The Bertz CT molecular complexity index is 887. The van der Waals surface area contributed by atoms with Crippen LogP contribution in [0.1, 0.15) is 23.2 Å². The van der Waals surface area contributed by atoms with Crippen LogP contribution >= 0.6 is 0 Å². The van der Waals surface area contributed by atoms with Gasteiger partial charge in [-0.05, 0) is 59.7 Å². The summed E-state index contributed by atoms with van der Waals surface area (Å²) in [6.07, 6.45) is 1.62. The predicted molar refractivity (Wildman–Crippen MR) is 87.7 cm³/mol. The zero-order valence-electron chi connectivity index (χ0n) is 13.3. The van der Waals surface area contributed by atoms with E-state index in [-0.39, 0.29) is 17.8 Å². The topological polar surface area (TPSA) is 88.3 Å². The van der Waals surface area contributed by atoms with Crippen LogP contribution in [0.15, 0.2) is 36.4 Å². The lowest BCUT2D eigenvalue weighted by Crippen LogP contribution is -2.45. The van der Waals surface area contributed by atoms with Gasteiger partial charge in [0.2, 0.25) is 0 Å². The van der Waals surface area contributed by atoms with Crippen molar-refractivity contribution in [2.24, 2.45) is 0 Å². The highest BCUT2D eigenvalue weighted by Gasteiger charge is 2.22. The van der Waals surface area contributed by atoms with Crippen molar-refractivity contribution < 1.29 is 9.18 Å². The lowest BCUT2D eigenvalue weighted by molar-refractivity contribution is 0.0931. The molecule has 1 aliphatic rings. The van der Waals surface area contributed by atoms with E-state index >= 15 is 0 Å². The number of anilines is 1. The number of aromatic nitrogens is 5. The first-order valence-electron chi connectivity index (χ1n) is 8.06. The first-order valence-corrected chi connectivity index (χ1v) is 8.06. The Morgan fingerprint density at radius 2 is 1.88 bits per heavy atom. The van der Waals surface area contributed by atoms with Crippen molar-refractivity contribution in [1.82, 2.24) is 30.6 Å². The van der Waals surface area contributed by atoms with Gasteiger partial charge in [0.15, 0.2) is 11.5 Å². The molecular weight excluding hydrogens is 325 g/mol. The summed E-state index contributed by atoms with van der Waals surface area (Å²) >= 11 is 0. The third-order valence-corrected chi connectivity index (χ3v) is 4.32. The normalized spacial score (nSPS) is 15.5. The third-order valence-electron chi connectivity index (χ3n) is 4.32. The Kier molecular flexibility index (Phi) is 3.96. The van der Waals surface area contributed by atoms with E-state index in [0.717, 1.165) is 31.7 Å². The second kappa shape index (κ2) is 6.42. The van der Waals surface area contributed by atoms with Gasteiger partial charge in [-0.3, -0.25) is 4.79 Å². The van der Waals surface area contributed by atoms with E-state index in [1.165, 1.54) is 28.9 Å². The average molecular weight is 341 g/mol. The molecule has 2 aromatic heterocycles. The van der Waals surface area contributed by atoms with Crippen molar-refractivity contribution in [3.8, 4) is 0 Å². The molecule has 1 fully saturated rings. The molecule has 0 unspecified atom stereocenters. The number of carbonyl (C=O) groups excluding carboxylic acids is 1. The fourth-order valence-electron chi connectivity index (χ4n) is 2.93. The summed E-state index contributed by atoms with van der Waals surface area (Å²) in [7, 11) is 0. The second-order valence-electron chi connectivity index (χ2n) is 5.96. The standard InChI is InChI=1S/C16H16FN7O/c17-12-3-1-11(2-4-12)16(25)18-13-7-9-23(10-8-13)15-6-5-14-19-21-22-24(14)20-15/h1-6,13H,7-10H2,(H,18,25). The van der Waals surface area contributed by atoms with Gasteiger partial charge in [0.25, 0.3) is 5.91 Å². The molecule has 0 bridgehead atoms. The molecule has 0 saturated carbocycles. The zero-order chi connectivity index (χ0) is 17.2. The summed E-state index contributed by atoms with van der Waals surface area (Å²) in [5.74, 6) is 0.284. The maximum absolute atomic E-state index is 12.9. The molecule has 8 nitrogen and oxygen atoms in total. The highest BCUT2D eigenvalue weighted by molar-refractivity contribution is 5.94. The van der Waals surface area contributed by atoms with E-state index in [1.807, 2.05) is 12.1 Å². The molecule has 1 saturated heterocycles. The summed E-state index contributed by atoms with van der Waals surface area (Å²) in [6, 6.07) is 9.37. The van der Waals surface area contributed by atoms with Gasteiger partial charge in [0.1, 0.15) is 5.82 Å². The molecule has 1 N–H and O–H groups in total. The van der Waals surface area contributed by atoms with Gasteiger partial charge >= 0.3 is 0 Å². The van der Waals surface area contributed by atoms with E-state index in [2.05, 4.69) is 30.8 Å². The maximum atomic E-state index is 12.9. The first kappa shape index (κ1) is 15.4. The van der Waals surface area contributed by atoms with Crippen LogP contribution in [0.3, 0.4) is 0 Å². The van der Waals surface area contributed by atoms with Gasteiger partial charge < -0.3 is 10.2 Å². The van der Waals surface area contributed by atoms with Crippen LogP contribution in [-0.2, 0) is 0 Å². The molecule has 128 valence electrons. The minimum Gasteiger partial charge on any atom is -0.355 e. The van der Waals surface area contributed by atoms with Crippen LogP contribution in [0, 0.1) is 5.82 Å². The van der Waals surface area contributed by atoms with Crippen LogP contribution in [-0.4, -0.2) is 50.3 Å². The Morgan fingerprint density at radius 1 is 1.12 bits per heavy atom. The number of tetrazole rings is 1. The predicted octanol–water partition coefficient (Wildman–Crippen LogP) is 1.06. The third kappa shape index (κ3) is 3.25. The van der Waals surface area contributed by atoms with Crippen molar-refractivity contribution in [1.29, 1.82) is 0 Å². The molecule has 1 aromatic carbocycles. The van der Waals surface area contributed by atoms with Crippen LogP contribution in [0.5, 0.6) is 0 Å². The number of carbonyl (C=O) groups is 1. The number of hydrogen-bond donors (Lipinski definition) is 1. The van der Waals surface area contributed by atoms with Crippen molar-refractivity contribution in [2.45, 2.75) is 18.9 Å². The number of benzene rings is 1. The molecule has 1 amide bonds. The summed E-state index contributed by atoms with van der Waals surface area (Å²) in [6.45, 7) is 1.55. The fraction of sp³-hybridized carbons (Fsp3) is 0.312. The van der Waals surface area contributed by atoms with Gasteiger partial charge in [0.05, 0.1) is 0 Å². The zero-order valence-corrected chi connectivity index (χ0v) is 13.3. The Morgan fingerprint density at radius 3 is 2.64 bits per heavy atom. The molecule has 0 radical (unpaired) electrons. The minimum atomic E-state index is -0.350. The fourth-order valence-corrected chi connectivity index (χ4v) is 2.93. The maximum Gasteiger partial charge on any atom is 0.251 e. The summed E-state index contributed by atoms with van der Waals surface area (Å²) in [5.41, 5.74) is 1.07.